The summed E-state index contributed by atoms with van der Waals surface area (Å²) >= 11 is 1.28. The van der Waals surface area contributed by atoms with Crippen LogP contribution in [0.2, 0.25) is 0 Å². The van der Waals surface area contributed by atoms with Gasteiger partial charge in [0.1, 0.15) is 5.01 Å². The first-order valence-electron chi connectivity index (χ1n) is 8.07. The van der Waals surface area contributed by atoms with Gasteiger partial charge in [-0.2, -0.15) is 0 Å². The maximum Gasteiger partial charge on any atom is 0.357 e. The highest BCUT2D eigenvalue weighted by molar-refractivity contribution is 7.09. The minimum atomic E-state index is -0.516. The maximum atomic E-state index is 12.6. The molecule has 0 saturated carbocycles. The average Bonchev–Trinajstić information content (AvgIpc) is 3.12. The first-order valence-corrected chi connectivity index (χ1v) is 8.95. The summed E-state index contributed by atoms with van der Waals surface area (Å²) in [6.45, 7) is 4.03. The Hall–Kier alpha value is -3.07. The Balaban J connectivity index is 2.09. The zero-order valence-electron chi connectivity index (χ0n) is 15.1. The number of ether oxygens (including phenoxy) is 1. The number of carbonyl (C=O) groups excluding carboxylic acids is 2. The molecule has 27 heavy (non-hydrogen) atoms. The lowest BCUT2D eigenvalue weighted by molar-refractivity contribution is -0.384. The molecule has 2 rings (SSSR count). The number of hydrogen-bond donors (Lipinski definition) is 0. The molecule has 1 amide bonds. The summed E-state index contributed by atoms with van der Waals surface area (Å²) in [4.78, 5) is 40.0. The molecule has 9 heteroatoms. The molecule has 0 aliphatic heterocycles. The molecule has 0 radical (unpaired) electrons. The molecule has 8 nitrogen and oxygen atoms in total. The van der Waals surface area contributed by atoms with Crippen molar-refractivity contribution in [1.82, 2.24) is 9.88 Å². The predicted molar refractivity (Wildman–Crippen MR) is 101 cm³/mol. The summed E-state index contributed by atoms with van der Waals surface area (Å²) in [5.74, 6) is -0.740. The Kier molecular flexibility index (Phi) is 6.78. The minimum Gasteiger partial charge on any atom is -0.464 e. The Morgan fingerprint density at radius 3 is 2.56 bits per heavy atom. The fourth-order valence-electron chi connectivity index (χ4n) is 2.21. The lowest BCUT2D eigenvalue weighted by atomic mass is 10.2. The summed E-state index contributed by atoms with van der Waals surface area (Å²) in [7, 11) is 1.29. The monoisotopic (exact) mass is 389 g/mol. The number of carbonyl (C=O) groups is 2. The van der Waals surface area contributed by atoms with Crippen LogP contribution in [-0.4, -0.2) is 39.8 Å². The van der Waals surface area contributed by atoms with Crippen molar-refractivity contribution >= 4 is 35.0 Å². The van der Waals surface area contributed by atoms with Gasteiger partial charge in [0.2, 0.25) is 5.91 Å². The third-order valence-corrected chi connectivity index (χ3v) is 4.51. The zero-order valence-corrected chi connectivity index (χ0v) is 15.9. The van der Waals surface area contributed by atoms with Crippen molar-refractivity contribution in [1.29, 1.82) is 0 Å². The highest BCUT2D eigenvalue weighted by atomic mass is 32.1. The Labute approximate surface area is 160 Å². The van der Waals surface area contributed by atoms with E-state index in [0.29, 0.717) is 10.6 Å². The van der Waals surface area contributed by atoms with Gasteiger partial charge in [0.15, 0.2) is 5.69 Å². The molecule has 0 N–H and O–H groups in total. The van der Waals surface area contributed by atoms with Gasteiger partial charge in [0, 0.05) is 29.6 Å². The molecule has 0 saturated heterocycles. The largest absolute Gasteiger partial charge is 0.464 e. The summed E-state index contributed by atoms with van der Waals surface area (Å²) in [5, 5.41) is 12.9. The third-order valence-electron chi connectivity index (χ3n) is 3.68. The molecule has 142 valence electrons. The normalized spacial score (nSPS) is 11.0. The van der Waals surface area contributed by atoms with Gasteiger partial charge in [-0.1, -0.05) is 0 Å². The second kappa shape index (κ2) is 9.04. The van der Waals surface area contributed by atoms with E-state index in [2.05, 4.69) is 9.72 Å². The van der Waals surface area contributed by atoms with Crippen molar-refractivity contribution in [2.75, 3.05) is 7.11 Å². The molecule has 0 aliphatic carbocycles. The van der Waals surface area contributed by atoms with Crippen molar-refractivity contribution in [3.8, 4) is 0 Å². The Bertz CT molecular complexity index is 858. The average molecular weight is 389 g/mol. The van der Waals surface area contributed by atoms with E-state index < -0.39 is 10.9 Å². The number of rotatable bonds is 7. The van der Waals surface area contributed by atoms with Crippen LogP contribution in [0.25, 0.3) is 6.08 Å². The van der Waals surface area contributed by atoms with E-state index in [1.807, 2.05) is 13.8 Å². The molecular formula is C18H19N3O5S. The third kappa shape index (κ3) is 5.45. The Morgan fingerprint density at radius 1 is 1.33 bits per heavy atom. The SMILES string of the molecule is COC(=O)c1csc(CN(C(=O)/C=C/c2ccc([N+](=O)[O-])cc2)C(C)C)n1. The molecule has 1 aromatic carbocycles. The highest BCUT2D eigenvalue weighted by Crippen LogP contribution is 2.16. The molecule has 0 unspecified atom stereocenters. The quantitative estimate of drug-likeness (QED) is 0.312. The fourth-order valence-corrected chi connectivity index (χ4v) is 2.97. The summed E-state index contributed by atoms with van der Waals surface area (Å²) < 4.78 is 4.63. The van der Waals surface area contributed by atoms with Gasteiger partial charge in [0.05, 0.1) is 18.6 Å². The second-order valence-corrected chi connectivity index (χ2v) is 6.80. The van der Waals surface area contributed by atoms with E-state index in [0.717, 1.165) is 0 Å². The molecule has 0 aliphatic rings. The highest BCUT2D eigenvalue weighted by Gasteiger charge is 2.18. The van der Waals surface area contributed by atoms with Gasteiger partial charge in [-0.3, -0.25) is 14.9 Å². The van der Waals surface area contributed by atoms with Crippen molar-refractivity contribution in [2.45, 2.75) is 26.4 Å². The van der Waals surface area contributed by atoms with E-state index in [-0.39, 0.29) is 29.9 Å². The summed E-state index contributed by atoms with van der Waals surface area (Å²) in [6.07, 6.45) is 3.01. The van der Waals surface area contributed by atoms with Crippen LogP contribution in [0.5, 0.6) is 0 Å². The number of non-ortho nitro benzene ring substituents is 1. The van der Waals surface area contributed by atoms with Crippen molar-refractivity contribution in [3.63, 3.8) is 0 Å². The molecule has 0 fully saturated rings. The fraction of sp³-hybridized carbons (Fsp3) is 0.278. The molecule has 1 heterocycles. The van der Waals surface area contributed by atoms with Gasteiger partial charge in [-0.25, -0.2) is 9.78 Å². The molecular weight excluding hydrogens is 370 g/mol. The van der Waals surface area contributed by atoms with Crippen molar-refractivity contribution in [2.24, 2.45) is 0 Å². The van der Waals surface area contributed by atoms with E-state index in [1.54, 1.807) is 28.5 Å². The van der Waals surface area contributed by atoms with Gasteiger partial charge in [-0.15, -0.1) is 11.3 Å². The molecule has 0 atom stereocenters. The van der Waals surface area contributed by atoms with Crippen LogP contribution in [0, 0.1) is 10.1 Å². The predicted octanol–water partition coefficient (Wildman–Crippen LogP) is 3.29. The van der Waals surface area contributed by atoms with Gasteiger partial charge >= 0.3 is 5.97 Å². The van der Waals surface area contributed by atoms with E-state index in [4.69, 9.17) is 0 Å². The smallest absolute Gasteiger partial charge is 0.357 e. The second-order valence-electron chi connectivity index (χ2n) is 5.86. The van der Waals surface area contributed by atoms with Gasteiger partial charge < -0.3 is 9.64 Å². The number of benzene rings is 1. The van der Waals surface area contributed by atoms with Gasteiger partial charge in [0.25, 0.3) is 5.69 Å². The van der Waals surface area contributed by atoms with E-state index in [1.165, 1.54) is 36.7 Å². The topological polar surface area (TPSA) is 103 Å². The van der Waals surface area contributed by atoms with Crippen molar-refractivity contribution < 1.29 is 19.2 Å². The number of esters is 1. The number of nitrogens with zero attached hydrogens (tertiary/aromatic N) is 3. The van der Waals surface area contributed by atoms with E-state index in [9.17, 15) is 19.7 Å². The lowest BCUT2D eigenvalue weighted by Gasteiger charge is -2.24. The number of aromatic nitrogens is 1. The maximum absolute atomic E-state index is 12.6. The zero-order chi connectivity index (χ0) is 20.0. The minimum absolute atomic E-state index is 0.00698. The van der Waals surface area contributed by atoms with Crippen LogP contribution in [0.3, 0.4) is 0 Å². The number of amides is 1. The van der Waals surface area contributed by atoms with Gasteiger partial charge in [-0.05, 0) is 37.6 Å². The van der Waals surface area contributed by atoms with Crippen LogP contribution in [0.15, 0.2) is 35.7 Å². The summed E-state index contributed by atoms with van der Waals surface area (Å²) in [5.41, 5.74) is 0.891. The van der Waals surface area contributed by atoms with Crippen LogP contribution in [-0.2, 0) is 16.1 Å². The first-order chi connectivity index (χ1) is 12.8. The number of methoxy groups -OCH3 is 1. The number of hydrogen-bond acceptors (Lipinski definition) is 7. The van der Waals surface area contributed by atoms with Crippen molar-refractivity contribution in [3.05, 3.63) is 62.1 Å². The molecule has 0 spiro atoms. The lowest BCUT2D eigenvalue weighted by Crippen LogP contribution is -2.35. The molecule has 2 aromatic rings. The number of nitro groups is 1. The molecule has 1 aromatic heterocycles. The number of thiazole rings is 1. The Morgan fingerprint density at radius 2 is 2.00 bits per heavy atom. The summed E-state index contributed by atoms with van der Waals surface area (Å²) in [6, 6.07) is 5.84. The van der Waals surface area contributed by atoms with E-state index >= 15 is 0 Å². The van der Waals surface area contributed by atoms with Crippen LogP contribution >= 0.6 is 11.3 Å². The van der Waals surface area contributed by atoms with Crippen LogP contribution < -0.4 is 0 Å². The first kappa shape index (κ1) is 20.2. The number of nitro benzene ring substituents is 1. The standard InChI is InChI=1S/C18H19N3O5S/c1-12(2)20(10-16-19-15(11-27-16)18(23)26-3)17(22)9-6-13-4-7-14(8-5-13)21(24)25/h4-9,11-12H,10H2,1-3H3/b9-6+. The molecule has 0 bridgehead atoms. The van der Waals surface area contributed by atoms with Crippen LogP contribution in [0.1, 0.15) is 34.9 Å². The van der Waals surface area contributed by atoms with Crippen LogP contribution in [0.4, 0.5) is 5.69 Å².